The first-order chi connectivity index (χ1) is 7.74. The summed E-state index contributed by atoms with van der Waals surface area (Å²) >= 11 is 1.85. The quantitative estimate of drug-likeness (QED) is 0.695. The first-order valence-electron chi connectivity index (χ1n) is 5.68. The number of rotatable bonds is 8. The average molecular weight is 243 g/mol. The predicted octanol–water partition coefficient (Wildman–Crippen LogP) is 1.17. The Labute approximate surface area is 101 Å². The van der Waals surface area contributed by atoms with Crippen molar-refractivity contribution >= 4 is 11.8 Å². The molecule has 0 aliphatic heterocycles. The third kappa shape index (κ3) is 4.94. The van der Waals surface area contributed by atoms with Crippen LogP contribution in [-0.2, 0) is 13.1 Å². The van der Waals surface area contributed by atoms with Gasteiger partial charge in [0.2, 0.25) is 0 Å². The fourth-order valence-corrected chi connectivity index (χ4v) is 1.77. The molecule has 1 rings (SSSR count). The minimum Gasteiger partial charge on any atom is -0.310 e. The second kappa shape index (κ2) is 7.62. The third-order valence-corrected chi connectivity index (χ3v) is 2.86. The van der Waals surface area contributed by atoms with E-state index in [1.165, 1.54) is 0 Å². The van der Waals surface area contributed by atoms with Crippen molar-refractivity contribution in [3.05, 3.63) is 5.82 Å². The van der Waals surface area contributed by atoms with Gasteiger partial charge in [-0.15, -0.1) is 5.10 Å². The molecule has 92 valence electrons. The van der Waals surface area contributed by atoms with E-state index in [2.05, 4.69) is 40.9 Å². The molecule has 0 radical (unpaired) electrons. The van der Waals surface area contributed by atoms with E-state index in [-0.39, 0.29) is 0 Å². The Morgan fingerprint density at radius 3 is 2.94 bits per heavy atom. The standard InChI is InChI=1S/C10H21N5S/c1-9(2)7-11-8-10-12-13-14-15(10)5-4-6-16-3/h9,11H,4-8H2,1-3H3. The average Bonchev–Trinajstić information content (AvgIpc) is 2.66. The number of tetrazole rings is 1. The van der Waals surface area contributed by atoms with E-state index in [0.717, 1.165) is 37.6 Å². The Hall–Kier alpha value is -0.620. The minimum absolute atomic E-state index is 0.654. The summed E-state index contributed by atoms with van der Waals surface area (Å²) in [7, 11) is 0. The number of nitrogens with zero attached hydrogens (tertiary/aromatic N) is 4. The number of nitrogens with one attached hydrogen (secondary N) is 1. The third-order valence-electron chi connectivity index (χ3n) is 2.16. The maximum absolute atomic E-state index is 4.02. The zero-order chi connectivity index (χ0) is 11.8. The van der Waals surface area contributed by atoms with E-state index in [9.17, 15) is 0 Å². The van der Waals surface area contributed by atoms with E-state index in [1.807, 2.05) is 16.4 Å². The molecule has 1 aromatic rings. The molecule has 0 bridgehead atoms. The van der Waals surface area contributed by atoms with Crippen molar-refractivity contribution in [2.45, 2.75) is 33.4 Å². The smallest absolute Gasteiger partial charge is 0.165 e. The van der Waals surface area contributed by atoms with E-state index >= 15 is 0 Å². The molecule has 0 aliphatic carbocycles. The normalized spacial score (nSPS) is 11.2. The topological polar surface area (TPSA) is 55.6 Å². The zero-order valence-corrected chi connectivity index (χ0v) is 11.1. The lowest BCUT2D eigenvalue weighted by Gasteiger charge is -2.07. The fourth-order valence-electron chi connectivity index (χ4n) is 1.35. The van der Waals surface area contributed by atoms with Crippen molar-refractivity contribution in [1.29, 1.82) is 0 Å². The molecule has 1 aromatic heterocycles. The molecule has 6 heteroatoms. The van der Waals surface area contributed by atoms with Gasteiger partial charge in [0.15, 0.2) is 5.82 Å². The van der Waals surface area contributed by atoms with Gasteiger partial charge >= 0.3 is 0 Å². The van der Waals surface area contributed by atoms with Gasteiger partial charge in [0.1, 0.15) is 0 Å². The second-order valence-electron chi connectivity index (χ2n) is 4.19. The molecule has 16 heavy (non-hydrogen) atoms. The largest absolute Gasteiger partial charge is 0.310 e. The van der Waals surface area contributed by atoms with E-state index < -0.39 is 0 Å². The summed E-state index contributed by atoms with van der Waals surface area (Å²) in [5.74, 6) is 2.74. The number of thioether (sulfide) groups is 1. The van der Waals surface area contributed by atoms with Crippen molar-refractivity contribution < 1.29 is 0 Å². The van der Waals surface area contributed by atoms with Crippen LogP contribution in [0.1, 0.15) is 26.1 Å². The van der Waals surface area contributed by atoms with Crippen molar-refractivity contribution in [2.24, 2.45) is 5.92 Å². The predicted molar refractivity (Wildman–Crippen MR) is 67.4 cm³/mol. The minimum atomic E-state index is 0.654. The van der Waals surface area contributed by atoms with Gasteiger partial charge in [-0.1, -0.05) is 13.8 Å². The molecule has 0 aliphatic rings. The van der Waals surface area contributed by atoms with Crippen LogP contribution in [0.5, 0.6) is 0 Å². The van der Waals surface area contributed by atoms with Crippen molar-refractivity contribution in [2.75, 3.05) is 18.6 Å². The summed E-state index contributed by atoms with van der Waals surface area (Å²) in [6, 6.07) is 0. The van der Waals surface area contributed by atoms with Crippen LogP contribution in [-0.4, -0.2) is 38.8 Å². The van der Waals surface area contributed by atoms with Crippen LogP contribution in [0, 0.1) is 5.92 Å². The van der Waals surface area contributed by atoms with E-state index in [1.54, 1.807) is 0 Å². The highest BCUT2D eigenvalue weighted by Gasteiger charge is 2.05. The Kier molecular flexibility index (Phi) is 6.40. The summed E-state index contributed by atoms with van der Waals surface area (Å²) in [5, 5.41) is 15.1. The van der Waals surface area contributed by atoms with E-state index in [4.69, 9.17) is 0 Å². The van der Waals surface area contributed by atoms with Crippen LogP contribution in [0.15, 0.2) is 0 Å². The second-order valence-corrected chi connectivity index (χ2v) is 5.17. The van der Waals surface area contributed by atoms with Crippen LogP contribution in [0.25, 0.3) is 0 Å². The molecule has 1 heterocycles. The van der Waals surface area contributed by atoms with Gasteiger partial charge in [-0.2, -0.15) is 11.8 Å². The molecule has 0 atom stereocenters. The van der Waals surface area contributed by atoms with E-state index in [0.29, 0.717) is 5.92 Å². The molecule has 1 N–H and O–H groups in total. The number of aromatic nitrogens is 4. The zero-order valence-electron chi connectivity index (χ0n) is 10.3. The Morgan fingerprint density at radius 1 is 1.44 bits per heavy atom. The first kappa shape index (κ1) is 13.4. The SMILES string of the molecule is CSCCCn1nnnc1CNCC(C)C. The molecule has 5 nitrogen and oxygen atoms in total. The molecule has 0 spiro atoms. The van der Waals surface area contributed by atoms with Crippen molar-refractivity contribution in [3.63, 3.8) is 0 Å². The molecule has 0 saturated carbocycles. The Bertz CT molecular complexity index is 286. The molecular formula is C10H21N5S. The lowest BCUT2D eigenvalue weighted by atomic mass is 10.2. The molecule has 0 amide bonds. The molecule has 0 aromatic carbocycles. The summed E-state index contributed by atoms with van der Waals surface area (Å²) in [6.07, 6.45) is 3.23. The maximum Gasteiger partial charge on any atom is 0.165 e. The summed E-state index contributed by atoms with van der Waals surface area (Å²) in [4.78, 5) is 0. The highest BCUT2D eigenvalue weighted by atomic mass is 32.2. The number of hydrogen-bond acceptors (Lipinski definition) is 5. The maximum atomic E-state index is 4.02. The molecule has 0 unspecified atom stereocenters. The lowest BCUT2D eigenvalue weighted by Crippen LogP contribution is -2.22. The van der Waals surface area contributed by atoms with Gasteiger partial charge in [-0.05, 0) is 41.3 Å². The summed E-state index contributed by atoms with van der Waals surface area (Å²) in [5.41, 5.74) is 0. The Balaban J connectivity index is 2.32. The Morgan fingerprint density at radius 2 is 2.25 bits per heavy atom. The van der Waals surface area contributed by atoms with Gasteiger partial charge in [-0.25, -0.2) is 4.68 Å². The highest BCUT2D eigenvalue weighted by molar-refractivity contribution is 7.98. The van der Waals surface area contributed by atoms with Crippen molar-refractivity contribution in [3.8, 4) is 0 Å². The molecule has 0 fully saturated rings. The van der Waals surface area contributed by atoms with Gasteiger partial charge in [0.25, 0.3) is 0 Å². The first-order valence-corrected chi connectivity index (χ1v) is 7.08. The van der Waals surface area contributed by atoms with Gasteiger partial charge in [-0.3, -0.25) is 0 Å². The summed E-state index contributed by atoms with van der Waals surface area (Å²) < 4.78 is 1.89. The summed E-state index contributed by atoms with van der Waals surface area (Å²) in [6.45, 7) is 7.04. The van der Waals surface area contributed by atoms with Crippen LogP contribution in [0.2, 0.25) is 0 Å². The van der Waals surface area contributed by atoms with Gasteiger partial charge in [0.05, 0.1) is 6.54 Å². The van der Waals surface area contributed by atoms with Crippen molar-refractivity contribution in [1.82, 2.24) is 25.5 Å². The van der Waals surface area contributed by atoms with Crippen LogP contribution in [0.4, 0.5) is 0 Å². The molecule has 0 saturated heterocycles. The lowest BCUT2D eigenvalue weighted by molar-refractivity contribution is 0.507. The van der Waals surface area contributed by atoms with Crippen LogP contribution >= 0.6 is 11.8 Å². The number of aryl methyl sites for hydroxylation is 1. The van der Waals surface area contributed by atoms with Gasteiger partial charge < -0.3 is 5.32 Å². The molecular weight excluding hydrogens is 222 g/mol. The monoisotopic (exact) mass is 243 g/mol. The number of hydrogen-bond donors (Lipinski definition) is 1. The fraction of sp³-hybridized carbons (Fsp3) is 0.900. The van der Waals surface area contributed by atoms with Gasteiger partial charge in [0, 0.05) is 6.54 Å². The highest BCUT2D eigenvalue weighted by Crippen LogP contribution is 2.00. The van der Waals surface area contributed by atoms with Crippen LogP contribution in [0.3, 0.4) is 0 Å². The van der Waals surface area contributed by atoms with Crippen LogP contribution < -0.4 is 5.32 Å².